The number of nitrogens with zero attached hydrogens (tertiary/aromatic N) is 1. The molecule has 5 fully saturated rings. The van der Waals surface area contributed by atoms with Gasteiger partial charge in [0.2, 0.25) is 0 Å². The average molecular weight is 440 g/mol. The number of carbonyl (C=O) groups is 1. The molecule has 0 radical (unpaired) electrons. The predicted octanol–water partition coefficient (Wildman–Crippen LogP) is 3.47. The number of benzene rings is 1. The smallest absolute Gasteiger partial charge is 0.459 e. The van der Waals surface area contributed by atoms with Gasteiger partial charge in [-0.05, 0) is 56.4 Å². The van der Waals surface area contributed by atoms with Crippen LogP contribution in [0, 0.1) is 17.3 Å². The molecular formula is C25H37BN2O4. The third-order valence-corrected chi connectivity index (χ3v) is 8.05. The van der Waals surface area contributed by atoms with Gasteiger partial charge in [0, 0.05) is 19.4 Å². The maximum Gasteiger partial charge on any atom is 0.460 e. The Morgan fingerprint density at radius 3 is 2.66 bits per heavy atom. The summed E-state index contributed by atoms with van der Waals surface area (Å²) in [5, 5.41) is 3.52. The number of carbonyl (C=O) groups excluding carboxylic acids is 1. The molecule has 2 saturated heterocycles. The van der Waals surface area contributed by atoms with Crippen LogP contribution in [0.1, 0.15) is 53.0 Å². The average Bonchev–Trinajstić information content (AvgIpc) is 3.31. The van der Waals surface area contributed by atoms with Crippen molar-refractivity contribution in [2.45, 2.75) is 90.3 Å². The molecule has 0 spiro atoms. The first-order valence-electron chi connectivity index (χ1n) is 12.2. The van der Waals surface area contributed by atoms with Crippen LogP contribution >= 0.6 is 0 Å². The Morgan fingerprint density at radius 1 is 1.22 bits per heavy atom. The first-order valence-corrected chi connectivity index (χ1v) is 12.2. The third-order valence-electron chi connectivity index (χ3n) is 8.05. The summed E-state index contributed by atoms with van der Waals surface area (Å²) in [6.45, 7) is 11.9. The molecule has 6 atom stereocenters. The van der Waals surface area contributed by atoms with Gasteiger partial charge in [-0.25, -0.2) is 0 Å². The van der Waals surface area contributed by atoms with E-state index in [-0.39, 0.29) is 37.5 Å². The second-order valence-electron chi connectivity index (χ2n) is 11.7. The molecule has 174 valence electrons. The highest BCUT2D eigenvalue weighted by Gasteiger charge is 2.62. The van der Waals surface area contributed by atoms with E-state index < -0.39 is 5.60 Å². The molecule has 6 nitrogen and oxygen atoms in total. The van der Waals surface area contributed by atoms with E-state index in [1.54, 1.807) is 0 Å². The first kappa shape index (κ1) is 22.4. The Bertz CT molecular complexity index is 842. The zero-order valence-electron chi connectivity index (χ0n) is 20.0. The summed E-state index contributed by atoms with van der Waals surface area (Å²) in [5.41, 5.74) is 1.10. The number of rotatable bonds is 5. The van der Waals surface area contributed by atoms with Crippen molar-refractivity contribution in [1.29, 1.82) is 0 Å². The summed E-state index contributed by atoms with van der Waals surface area (Å²) in [6.07, 6.45) is 3.52. The van der Waals surface area contributed by atoms with E-state index in [0.29, 0.717) is 24.2 Å². The van der Waals surface area contributed by atoms with E-state index >= 15 is 0 Å². The molecule has 1 N–H and O–H groups in total. The summed E-state index contributed by atoms with van der Waals surface area (Å²) >= 11 is 0. The van der Waals surface area contributed by atoms with Crippen molar-refractivity contribution in [2.24, 2.45) is 17.3 Å². The van der Waals surface area contributed by atoms with Crippen molar-refractivity contribution >= 4 is 13.1 Å². The maximum atomic E-state index is 12.8. The predicted molar refractivity (Wildman–Crippen MR) is 124 cm³/mol. The zero-order valence-corrected chi connectivity index (χ0v) is 20.0. The lowest BCUT2D eigenvalue weighted by molar-refractivity contribution is -0.156. The van der Waals surface area contributed by atoms with Gasteiger partial charge in [0.1, 0.15) is 11.6 Å². The van der Waals surface area contributed by atoms with E-state index in [0.717, 1.165) is 18.9 Å². The summed E-state index contributed by atoms with van der Waals surface area (Å²) in [5.74, 6) is 1.16. The van der Waals surface area contributed by atoms with Gasteiger partial charge in [0.15, 0.2) is 0 Å². The third kappa shape index (κ3) is 4.25. The van der Waals surface area contributed by atoms with Gasteiger partial charge in [-0.15, -0.1) is 0 Å². The molecule has 6 rings (SSSR count). The Morgan fingerprint density at radius 2 is 1.97 bits per heavy atom. The van der Waals surface area contributed by atoms with E-state index in [4.69, 9.17) is 14.0 Å². The molecule has 4 unspecified atom stereocenters. The fourth-order valence-corrected chi connectivity index (χ4v) is 6.18. The van der Waals surface area contributed by atoms with Gasteiger partial charge >= 0.3 is 13.1 Å². The lowest BCUT2D eigenvalue weighted by Crippen LogP contribution is -2.59. The molecule has 5 aliphatic rings. The number of esters is 1. The minimum atomic E-state index is -0.498. The van der Waals surface area contributed by atoms with Gasteiger partial charge in [-0.3, -0.25) is 15.0 Å². The van der Waals surface area contributed by atoms with E-state index in [1.807, 2.05) is 26.8 Å². The van der Waals surface area contributed by atoms with Gasteiger partial charge < -0.3 is 14.0 Å². The van der Waals surface area contributed by atoms with E-state index in [9.17, 15) is 4.79 Å². The topological polar surface area (TPSA) is 60.0 Å². The van der Waals surface area contributed by atoms with Gasteiger partial charge in [-0.2, -0.15) is 0 Å². The van der Waals surface area contributed by atoms with Crippen molar-refractivity contribution < 1.29 is 18.8 Å². The number of nitrogens with one attached hydrogen (secondary N) is 1. The summed E-state index contributed by atoms with van der Waals surface area (Å²) < 4.78 is 18.5. The van der Waals surface area contributed by atoms with Gasteiger partial charge in [0.05, 0.1) is 18.4 Å². The Labute approximate surface area is 192 Å². The van der Waals surface area contributed by atoms with E-state index in [1.165, 1.54) is 12.0 Å². The van der Waals surface area contributed by atoms with E-state index in [2.05, 4.69) is 48.3 Å². The lowest BCUT2D eigenvalue weighted by Gasteiger charge is -2.60. The quantitative estimate of drug-likeness (QED) is 0.559. The molecular weight excluding hydrogens is 403 g/mol. The molecule has 7 heteroatoms. The first-order chi connectivity index (χ1) is 15.1. The van der Waals surface area contributed by atoms with Crippen LogP contribution in [-0.4, -0.2) is 54.5 Å². The van der Waals surface area contributed by atoms with Crippen molar-refractivity contribution in [2.75, 3.05) is 6.54 Å². The van der Waals surface area contributed by atoms with Crippen LogP contribution in [0.2, 0.25) is 6.32 Å². The van der Waals surface area contributed by atoms with Crippen LogP contribution in [0.3, 0.4) is 0 Å². The summed E-state index contributed by atoms with van der Waals surface area (Å²) in [6, 6.07) is 10.1. The molecule has 0 aromatic heterocycles. The second kappa shape index (κ2) is 8.12. The fraction of sp³-hybridized carbons (Fsp3) is 0.720. The van der Waals surface area contributed by atoms with Crippen LogP contribution in [0.25, 0.3) is 0 Å². The number of hydrogen-bond acceptors (Lipinski definition) is 6. The number of hydrogen-bond donors (Lipinski definition) is 1. The molecule has 3 aliphatic carbocycles. The van der Waals surface area contributed by atoms with Crippen LogP contribution in [0.4, 0.5) is 0 Å². The van der Waals surface area contributed by atoms with Crippen LogP contribution < -0.4 is 5.32 Å². The van der Waals surface area contributed by atoms with Crippen molar-refractivity contribution in [1.82, 2.24) is 10.2 Å². The second-order valence-corrected chi connectivity index (χ2v) is 11.7. The molecule has 0 amide bonds. The molecule has 2 heterocycles. The molecule has 2 bridgehead atoms. The molecule has 2 aliphatic heterocycles. The van der Waals surface area contributed by atoms with Crippen molar-refractivity contribution in [3.05, 3.63) is 35.9 Å². The molecule has 1 aromatic rings. The highest BCUT2D eigenvalue weighted by atomic mass is 16.7. The lowest BCUT2D eigenvalue weighted by atomic mass is 9.47. The number of ether oxygens (including phenoxy) is 1. The largest absolute Gasteiger partial charge is 0.460 e. The molecule has 3 saturated carbocycles. The van der Waals surface area contributed by atoms with Gasteiger partial charge in [0.25, 0.3) is 0 Å². The highest BCUT2D eigenvalue weighted by molar-refractivity contribution is 6.45. The van der Waals surface area contributed by atoms with Crippen LogP contribution in [0.5, 0.6) is 0 Å². The summed E-state index contributed by atoms with van der Waals surface area (Å²) in [4.78, 5) is 15.1. The maximum absolute atomic E-state index is 12.8. The fourth-order valence-electron chi connectivity index (χ4n) is 6.18. The minimum Gasteiger partial charge on any atom is -0.459 e. The normalized spacial score (nSPS) is 36.0. The highest BCUT2D eigenvalue weighted by Crippen LogP contribution is 2.61. The Kier molecular flexibility index (Phi) is 5.68. The van der Waals surface area contributed by atoms with Crippen LogP contribution in [-0.2, 0) is 25.4 Å². The SMILES string of the molecule is CC(C)(C)OC(=O)C1CN(Cc2ccccc2)C(CB2OC3C[C@H]4C[C@@H](C3O2)C4(C)C)N1. The molecule has 32 heavy (non-hydrogen) atoms. The van der Waals surface area contributed by atoms with Crippen molar-refractivity contribution in [3.8, 4) is 0 Å². The standard InChI is InChI=1S/C25H37BN2O4/c1-24(2,3)30-23(29)19-15-28(14-16-9-7-6-8-10-16)21(27-19)13-26-31-20-12-17-11-18(22(20)32-26)25(17,4)5/h6-10,17-22,27H,11-15H2,1-5H3/t17-,18+,19?,20?,21?,22?/m1/s1. The summed E-state index contributed by atoms with van der Waals surface area (Å²) in [7, 11) is -0.228. The molecule has 1 aromatic carbocycles. The Balaban J connectivity index is 1.26. The van der Waals surface area contributed by atoms with Crippen LogP contribution in [0.15, 0.2) is 30.3 Å². The van der Waals surface area contributed by atoms with Gasteiger partial charge in [-0.1, -0.05) is 44.2 Å². The monoisotopic (exact) mass is 440 g/mol. The minimum absolute atomic E-state index is 0.000822. The Hall–Kier alpha value is -1.41. The van der Waals surface area contributed by atoms with Crippen molar-refractivity contribution in [3.63, 3.8) is 0 Å². The zero-order chi connectivity index (χ0) is 22.7.